The molecule has 3 saturated carbocycles. The summed E-state index contributed by atoms with van der Waals surface area (Å²) < 4.78 is 17.3. The van der Waals surface area contributed by atoms with Crippen LogP contribution in [0, 0.1) is 34.0 Å². The van der Waals surface area contributed by atoms with Gasteiger partial charge in [-0.1, -0.05) is 34.1 Å². The summed E-state index contributed by atoms with van der Waals surface area (Å²) in [5, 5.41) is 10.3. The zero-order valence-corrected chi connectivity index (χ0v) is 20.8. The maximum atomic E-state index is 11.8. The van der Waals surface area contributed by atoms with E-state index < -0.39 is 24.0 Å². The summed E-state index contributed by atoms with van der Waals surface area (Å²) >= 11 is 0. The molecule has 8 atom stereocenters. The summed E-state index contributed by atoms with van der Waals surface area (Å²) in [5.74, 6) is 0.680. The summed E-state index contributed by atoms with van der Waals surface area (Å²) in [5.41, 5.74) is 0.648. The van der Waals surface area contributed by atoms with Crippen LogP contribution in [0.25, 0.3) is 0 Å². The summed E-state index contributed by atoms with van der Waals surface area (Å²) in [6.07, 6.45) is 8.59. The van der Waals surface area contributed by atoms with E-state index in [1.165, 1.54) is 38.7 Å². The third kappa shape index (κ3) is 3.42. The fourth-order valence-electron chi connectivity index (χ4n) is 9.40. The number of esters is 2. The van der Waals surface area contributed by atoms with Crippen molar-refractivity contribution < 1.29 is 28.9 Å². The minimum absolute atomic E-state index is 0.0564. The monoisotopic (exact) mass is 460 g/mol. The van der Waals surface area contributed by atoms with Gasteiger partial charge in [0.05, 0.1) is 6.10 Å². The summed E-state index contributed by atoms with van der Waals surface area (Å²) in [7, 11) is 0. The van der Waals surface area contributed by atoms with E-state index in [1.54, 1.807) is 0 Å². The minimum Gasteiger partial charge on any atom is -0.463 e. The van der Waals surface area contributed by atoms with E-state index in [2.05, 4.69) is 27.7 Å². The fourth-order valence-corrected chi connectivity index (χ4v) is 9.40. The molecule has 0 aromatic rings. The third-order valence-corrected chi connectivity index (χ3v) is 10.6. The van der Waals surface area contributed by atoms with Crippen LogP contribution in [0.2, 0.25) is 0 Å². The van der Waals surface area contributed by atoms with Gasteiger partial charge in [0.15, 0.2) is 0 Å². The molecule has 0 bridgehead atoms. The summed E-state index contributed by atoms with van der Waals surface area (Å²) in [6.45, 7) is 11.6. The molecule has 2 aliphatic heterocycles. The number of ether oxygens (including phenoxy) is 3. The van der Waals surface area contributed by atoms with E-state index in [0.29, 0.717) is 22.3 Å². The van der Waals surface area contributed by atoms with Crippen LogP contribution in [0.5, 0.6) is 0 Å². The minimum atomic E-state index is -1.25. The Morgan fingerprint density at radius 2 is 1.76 bits per heavy atom. The van der Waals surface area contributed by atoms with Crippen LogP contribution in [0.15, 0.2) is 11.6 Å². The first-order valence-electron chi connectivity index (χ1n) is 12.8. The molecule has 1 unspecified atom stereocenters. The molecule has 2 heterocycles. The molecule has 4 fully saturated rings. The van der Waals surface area contributed by atoms with Crippen LogP contribution < -0.4 is 0 Å². The van der Waals surface area contributed by atoms with Crippen LogP contribution >= 0.6 is 0 Å². The number of carbonyl (C=O) groups is 2. The lowest BCUT2D eigenvalue weighted by Crippen LogP contribution is -2.63. The van der Waals surface area contributed by atoms with Crippen LogP contribution in [0.3, 0.4) is 0 Å². The predicted octanol–water partition coefficient (Wildman–Crippen LogP) is 4.54. The Bertz CT molecular complexity index is 878. The highest BCUT2D eigenvalue weighted by Gasteiger charge is 2.68. The zero-order chi connectivity index (χ0) is 23.8. The van der Waals surface area contributed by atoms with E-state index >= 15 is 0 Å². The molecule has 6 nitrogen and oxygen atoms in total. The number of rotatable bonds is 3. The van der Waals surface area contributed by atoms with Gasteiger partial charge in [-0.2, -0.15) is 0 Å². The Balaban J connectivity index is 1.51. The van der Waals surface area contributed by atoms with Crippen molar-refractivity contribution in [3.8, 4) is 0 Å². The average molecular weight is 461 g/mol. The van der Waals surface area contributed by atoms with Crippen molar-refractivity contribution in [2.45, 2.75) is 104 Å². The third-order valence-electron chi connectivity index (χ3n) is 10.6. The molecule has 0 spiro atoms. The summed E-state index contributed by atoms with van der Waals surface area (Å²) in [4.78, 5) is 23.6. The second-order valence-electron chi connectivity index (χ2n) is 12.7. The molecule has 6 heteroatoms. The summed E-state index contributed by atoms with van der Waals surface area (Å²) in [6, 6.07) is 0. The molecule has 5 aliphatic rings. The van der Waals surface area contributed by atoms with Crippen molar-refractivity contribution in [2.24, 2.45) is 34.0 Å². The lowest BCUT2D eigenvalue weighted by Gasteiger charge is -2.67. The zero-order valence-electron chi connectivity index (χ0n) is 20.8. The van der Waals surface area contributed by atoms with Crippen molar-refractivity contribution >= 4 is 11.9 Å². The first-order valence-corrected chi connectivity index (χ1v) is 12.8. The van der Waals surface area contributed by atoms with Crippen molar-refractivity contribution in [1.82, 2.24) is 0 Å². The molecule has 1 saturated heterocycles. The molecule has 0 radical (unpaired) electrons. The fraction of sp³-hybridized carbons (Fsp3) is 0.852. The average Bonchev–Trinajstić information content (AvgIpc) is 3.26. The standard InChI is InChI=1S/C27H40O6/c1-16(28)31-15-27-12-8-20-25(4)10-6-9-24(2,3)19(25)7-11-26(20,5)21(27)14-18(33-27)17-13-22(29)32-23(17)30/h13,18-21,23,30H,6-12,14-15H2,1-5H3/t18-,19-,20+,21-,23?,25-,26+,27+/m0/s1. The van der Waals surface area contributed by atoms with Gasteiger partial charge in [-0.3, -0.25) is 4.79 Å². The number of cyclic esters (lactones) is 1. The quantitative estimate of drug-likeness (QED) is 0.623. The van der Waals surface area contributed by atoms with Crippen molar-refractivity contribution in [1.29, 1.82) is 0 Å². The first-order chi connectivity index (χ1) is 15.4. The second kappa shape index (κ2) is 7.55. The second-order valence-corrected chi connectivity index (χ2v) is 12.7. The van der Waals surface area contributed by atoms with Gasteiger partial charge in [0.25, 0.3) is 0 Å². The number of hydrogen-bond donors (Lipinski definition) is 1. The van der Waals surface area contributed by atoms with Gasteiger partial charge in [0.1, 0.15) is 12.2 Å². The molecular weight excluding hydrogens is 420 g/mol. The van der Waals surface area contributed by atoms with Crippen molar-refractivity contribution in [3.63, 3.8) is 0 Å². The Morgan fingerprint density at radius 3 is 2.42 bits per heavy atom. The molecular formula is C27H40O6. The largest absolute Gasteiger partial charge is 0.463 e. The van der Waals surface area contributed by atoms with Gasteiger partial charge >= 0.3 is 11.9 Å². The van der Waals surface area contributed by atoms with Crippen LogP contribution in [-0.4, -0.2) is 41.6 Å². The van der Waals surface area contributed by atoms with E-state index in [-0.39, 0.29) is 23.9 Å². The van der Waals surface area contributed by atoms with Gasteiger partial charge in [-0.15, -0.1) is 0 Å². The predicted molar refractivity (Wildman–Crippen MR) is 122 cm³/mol. The lowest BCUT2D eigenvalue weighted by atomic mass is 9.38. The van der Waals surface area contributed by atoms with E-state index in [1.807, 2.05) is 0 Å². The van der Waals surface area contributed by atoms with Crippen molar-refractivity contribution in [3.05, 3.63) is 11.6 Å². The van der Waals surface area contributed by atoms with Gasteiger partial charge in [-0.25, -0.2) is 4.79 Å². The Kier molecular flexibility index (Phi) is 5.34. The maximum Gasteiger partial charge on any atom is 0.333 e. The van der Waals surface area contributed by atoms with E-state index in [9.17, 15) is 14.7 Å². The number of carbonyl (C=O) groups excluding carboxylic acids is 2. The molecule has 184 valence electrons. The SMILES string of the molecule is CC(=O)OC[C@]12CC[C@H]3[C@@](C)(CC[C@H]4C(C)(C)CCC[C@]34C)[C@@H]1C[C@@H](C1=CC(=O)OC1O)O2. The number of aliphatic hydroxyl groups is 1. The number of hydrogen-bond acceptors (Lipinski definition) is 6. The first kappa shape index (κ1) is 23.3. The number of fused-ring (bicyclic) bond motifs is 5. The Labute approximate surface area is 197 Å². The topological polar surface area (TPSA) is 82.1 Å². The van der Waals surface area contributed by atoms with Gasteiger partial charge in [0.2, 0.25) is 6.29 Å². The van der Waals surface area contributed by atoms with Crippen LogP contribution in [-0.2, 0) is 23.8 Å². The van der Waals surface area contributed by atoms with Gasteiger partial charge < -0.3 is 19.3 Å². The normalized spacial score (nSPS) is 48.2. The molecule has 0 amide bonds. The van der Waals surface area contributed by atoms with Gasteiger partial charge in [0, 0.05) is 18.6 Å². The lowest BCUT2D eigenvalue weighted by molar-refractivity contribution is -0.216. The smallest absolute Gasteiger partial charge is 0.333 e. The molecule has 0 aromatic heterocycles. The molecule has 33 heavy (non-hydrogen) atoms. The maximum absolute atomic E-state index is 11.8. The highest BCUT2D eigenvalue weighted by molar-refractivity contribution is 5.85. The van der Waals surface area contributed by atoms with Crippen LogP contribution in [0.1, 0.15) is 86.0 Å². The molecule has 1 N–H and O–H groups in total. The Morgan fingerprint density at radius 1 is 1.06 bits per heavy atom. The van der Waals surface area contributed by atoms with E-state index in [4.69, 9.17) is 14.2 Å². The van der Waals surface area contributed by atoms with Crippen LogP contribution in [0.4, 0.5) is 0 Å². The number of aliphatic hydroxyl groups excluding tert-OH is 1. The molecule has 3 aliphatic carbocycles. The van der Waals surface area contributed by atoms with E-state index in [0.717, 1.165) is 31.6 Å². The molecule has 0 aromatic carbocycles. The highest BCUT2D eigenvalue weighted by atomic mass is 16.6. The highest BCUT2D eigenvalue weighted by Crippen LogP contribution is 2.71. The molecule has 5 rings (SSSR count). The van der Waals surface area contributed by atoms with Crippen molar-refractivity contribution in [2.75, 3.05) is 6.61 Å². The van der Waals surface area contributed by atoms with Gasteiger partial charge in [-0.05, 0) is 78.9 Å². The Hall–Kier alpha value is -1.40.